The summed E-state index contributed by atoms with van der Waals surface area (Å²) in [6.45, 7) is -0.276. The van der Waals surface area contributed by atoms with Crippen molar-refractivity contribution in [1.29, 1.82) is 0 Å². The summed E-state index contributed by atoms with van der Waals surface area (Å²) in [5.74, 6) is 0.237. The first-order valence-corrected chi connectivity index (χ1v) is 4.69. The second kappa shape index (κ2) is 4.07. The molecular weight excluding hydrogens is 239 g/mol. The summed E-state index contributed by atoms with van der Waals surface area (Å²) >= 11 is 0. The molecule has 2 aromatic rings. The minimum absolute atomic E-state index is 0.237. The molecule has 17 heavy (non-hydrogen) atoms. The van der Waals surface area contributed by atoms with Crippen LogP contribution >= 0.6 is 0 Å². The summed E-state index contributed by atoms with van der Waals surface area (Å²) < 4.78 is 36.8. The fourth-order valence-corrected chi connectivity index (χ4v) is 1.24. The number of aromatic nitrogens is 4. The molecule has 6 nitrogen and oxygen atoms in total. The predicted molar refractivity (Wildman–Crippen MR) is 52.8 cm³/mol. The molecule has 0 aromatic carbocycles. The third kappa shape index (κ3) is 2.74. The van der Waals surface area contributed by atoms with Gasteiger partial charge in [0.2, 0.25) is 0 Å². The van der Waals surface area contributed by atoms with Crippen molar-refractivity contribution in [2.45, 2.75) is 12.6 Å². The van der Waals surface area contributed by atoms with E-state index in [0.717, 1.165) is 4.40 Å². The van der Waals surface area contributed by atoms with E-state index in [0.29, 0.717) is 5.65 Å². The molecule has 0 aliphatic carbocycles. The average Bonchev–Trinajstić information content (AvgIpc) is 2.58. The molecule has 0 aliphatic rings. The summed E-state index contributed by atoms with van der Waals surface area (Å²) in [5, 5.41) is 8.35. The van der Waals surface area contributed by atoms with E-state index >= 15 is 0 Å². The van der Waals surface area contributed by atoms with E-state index < -0.39 is 18.3 Å². The first-order valence-electron chi connectivity index (χ1n) is 4.69. The van der Waals surface area contributed by atoms with Gasteiger partial charge in [0.05, 0.1) is 6.42 Å². The number of H-pyrrole nitrogens is 1. The highest BCUT2D eigenvalue weighted by Crippen LogP contribution is 2.19. The van der Waals surface area contributed by atoms with Crippen molar-refractivity contribution in [3.63, 3.8) is 0 Å². The molecule has 2 aromatic heterocycles. The number of alkyl halides is 3. The third-order valence-electron chi connectivity index (χ3n) is 2.02. The summed E-state index contributed by atoms with van der Waals surface area (Å²) in [4.78, 5) is 14.9. The molecule has 2 heterocycles. The number of aromatic amines is 1. The maximum atomic E-state index is 11.9. The normalized spacial score (nSPS) is 11.9. The molecule has 2 rings (SSSR count). The molecule has 0 unspecified atom stereocenters. The lowest BCUT2D eigenvalue weighted by Gasteiger charge is -2.07. The number of rotatable bonds is 3. The zero-order valence-corrected chi connectivity index (χ0v) is 8.45. The number of hydrogen-bond acceptors (Lipinski definition) is 4. The monoisotopic (exact) mass is 247 g/mol. The van der Waals surface area contributed by atoms with Crippen molar-refractivity contribution in [2.75, 3.05) is 11.9 Å². The quantitative estimate of drug-likeness (QED) is 0.840. The molecule has 0 amide bonds. The number of nitrogens with zero attached hydrogens (tertiary/aromatic N) is 3. The number of fused-ring (bicyclic) bond motifs is 1. The van der Waals surface area contributed by atoms with Gasteiger partial charge in [-0.2, -0.15) is 18.3 Å². The molecule has 0 radical (unpaired) electrons. The van der Waals surface area contributed by atoms with E-state index in [1.54, 1.807) is 0 Å². The fraction of sp³-hybridized carbons (Fsp3) is 0.375. The Morgan fingerprint density at radius 1 is 1.47 bits per heavy atom. The predicted octanol–water partition coefficient (Wildman–Crippen LogP) is 0.782. The van der Waals surface area contributed by atoms with E-state index in [9.17, 15) is 18.0 Å². The van der Waals surface area contributed by atoms with Gasteiger partial charge < -0.3 is 5.32 Å². The maximum Gasteiger partial charge on any atom is 0.390 e. The Bertz CT molecular complexity index is 572. The average molecular weight is 247 g/mol. The van der Waals surface area contributed by atoms with Gasteiger partial charge in [0, 0.05) is 12.6 Å². The van der Waals surface area contributed by atoms with E-state index in [2.05, 4.69) is 20.5 Å². The van der Waals surface area contributed by atoms with Crippen molar-refractivity contribution < 1.29 is 13.2 Å². The molecular formula is C8H8F3N5O. The standard InChI is InChI=1S/C8H8F3N5O/c9-8(10,11)1-2-12-5-3-6-14-15-7(17)16(6)4-13-5/h3-4,12H,1-2H2,(H,15,17). The first-order chi connectivity index (χ1) is 7.96. The minimum atomic E-state index is -4.21. The highest BCUT2D eigenvalue weighted by Gasteiger charge is 2.26. The Morgan fingerprint density at radius 2 is 2.24 bits per heavy atom. The number of hydrogen-bond donors (Lipinski definition) is 2. The van der Waals surface area contributed by atoms with Crippen molar-refractivity contribution in [2.24, 2.45) is 0 Å². The SMILES string of the molecule is O=c1[nH]nc2cc(NCCC(F)(F)F)ncn12. The van der Waals surface area contributed by atoms with Crippen molar-refractivity contribution >= 4 is 11.5 Å². The number of nitrogens with one attached hydrogen (secondary N) is 2. The molecule has 0 fully saturated rings. The van der Waals surface area contributed by atoms with Crippen LogP contribution in [-0.2, 0) is 0 Å². The summed E-state index contributed by atoms with van der Waals surface area (Å²) in [6.07, 6.45) is -3.97. The Balaban J connectivity index is 2.07. The molecule has 0 aliphatic heterocycles. The highest BCUT2D eigenvalue weighted by atomic mass is 19.4. The smallest absolute Gasteiger partial charge is 0.370 e. The van der Waals surface area contributed by atoms with Crippen LogP contribution in [0.25, 0.3) is 5.65 Å². The van der Waals surface area contributed by atoms with E-state index in [1.807, 2.05) is 0 Å². The van der Waals surface area contributed by atoms with E-state index in [-0.39, 0.29) is 12.4 Å². The van der Waals surface area contributed by atoms with Crippen LogP contribution in [0.1, 0.15) is 6.42 Å². The van der Waals surface area contributed by atoms with Gasteiger partial charge in [-0.3, -0.25) is 0 Å². The van der Waals surface area contributed by atoms with Gasteiger partial charge in [-0.25, -0.2) is 19.3 Å². The minimum Gasteiger partial charge on any atom is -0.370 e. The van der Waals surface area contributed by atoms with Crippen LogP contribution in [-0.4, -0.2) is 32.3 Å². The van der Waals surface area contributed by atoms with Crippen LogP contribution in [0.3, 0.4) is 0 Å². The first kappa shape index (κ1) is 11.4. The highest BCUT2D eigenvalue weighted by molar-refractivity contribution is 5.48. The lowest BCUT2D eigenvalue weighted by Crippen LogP contribution is -2.15. The molecule has 0 atom stereocenters. The van der Waals surface area contributed by atoms with E-state index in [4.69, 9.17) is 0 Å². The lowest BCUT2D eigenvalue weighted by molar-refractivity contribution is -0.131. The molecule has 0 saturated carbocycles. The van der Waals surface area contributed by atoms with Crippen LogP contribution in [0.5, 0.6) is 0 Å². The van der Waals surface area contributed by atoms with Crippen LogP contribution < -0.4 is 11.0 Å². The Labute approximate surface area is 92.5 Å². The van der Waals surface area contributed by atoms with Gasteiger partial charge in [-0.15, -0.1) is 0 Å². The topological polar surface area (TPSA) is 75.1 Å². The molecule has 0 bridgehead atoms. The van der Waals surface area contributed by atoms with Crippen LogP contribution in [0.2, 0.25) is 0 Å². The Hall–Kier alpha value is -2.06. The summed E-state index contributed by atoms with van der Waals surface area (Å²) in [6, 6.07) is 1.38. The van der Waals surface area contributed by atoms with Gasteiger partial charge in [0.1, 0.15) is 12.1 Å². The van der Waals surface area contributed by atoms with Gasteiger partial charge in [-0.1, -0.05) is 0 Å². The van der Waals surface area contributed by atoms with Gasteiger partial charge in [0.15, 0.2) is 5.65 Å². The van der Waals surface area contributed by atoms with E-state index in [1.165, 1.54) is 12.4 Å². The number of anilines is 1. The molecule has 0 saturated heterocycles. The zero-order valence-electron chi connectivity index (χ0n) is 8.45. The summed E-state index contributed by atoms with van der Waals surface area (Å²) in [7, 11) is 0. The molecule has 2 N–H and O–H groups in total. The Morgan fingerprint density at radius 3 is 2.94 bits per heavy atom. The van der Waals surface area contributed by atoms with Crippen molar-refractivity contribution in [1.82, 2.24) is 19.6 Å². The maximum absolute atomic E-state index is 11.9. The molecule has 9 heteroatoms. The van der Waals surface area contributed by atoms with Crippen LogP contribution in [0.15, 0.2) is 17.2 Å². The second-order valence-corrected chi connectivity index (χ2v) is 3.32. The Kier molecular flexibility index (Phi) is 2.74. The van der Waals surface area contributed by atoms with Crippen LogP contribution in [0, 0.1) is 0 Å². The van der Waals surface area contributed by atoms with Crippen molar-refractivity contribution in [3.05, 3.63) is 22.9 Å². The van der Waals surface area contributed by atoms with Gasteiger partial charge in [0.25, 0.3) is 0 Å². The lowest BCUT2D eigenvalue weighted by atomic mass is 10.4. The number of halogens is 3. The van der Waals surface area contributed by atoms with Crippen molar-refractivity contribution in [3.8, 4) is 0 Å². The largest absolute Gasteiger partial charge is 0.390 e. The van der Waals surface area contributed by atoms with Gasteiger partial charge >= 0.3 is 11.9 Å². The van der Waals surface area contributed by atoms with Gasteiger partial charge in [-0.05, 0) is 0 Å². The molecule has 0 spiro atoms. The molecule has 92 valence electrons. The summed E-state index contributed by atoms with van der Waals surface area (Å²) in [5.41, 5.74) is -0.158. The second-order valence-electron chi connectivity index (χ2n) is 3.32. The zero-order chi connectivity index (χ0) is 12.5. The van der Waals surface area contributed by atoms with Crippen LogP contribution in [0.4, 0.5) is 19.0 Å². The third-order valence-corrected chi connectivity index (χ3v) is 2.02. The fourth-order valence-electron chi connectivity index (χ4n) is 1.24.